The van der Waals surface area contributed by atoms with Crippen molar-refractivity contribution in [3.8, 4) is 11.5 Å². The lowest BCUT2D eigenvalue weighted by Crippen LogP contribution is -2.27. The lowest BCUT2D eigenvalue weighted by Gasteiger charge is -2.14. The number of nitrogens with one attached hydrogen (secondary N) is 1. The van der Waals surface area contributed by atoms with Gasteiger partial charge in [0.2, 0.25) is 5.91 Å². The van der Waals surface area contributed by atoms with Crippen molar-refractivity contribution in [2.24, 2.45) is 0 Å². The molecule has 36 heavy (non-hydrogen) atoms. The molecule has 2 heterocycles. The van der Waals surface area contributed by atoms with Gasteiger partial charge in [-0.05, 0) is 55.7 Å². The molecule has 2 amide bonds. The maximum atomic E-state index is 12.6. The lowest BCUT2D eigenvalue weighted by atomic mass is 10.1. The van der Waals surface area contributed by atoms with Gasteiger partial charge in [0.15, 0.2) is 23.8 Å². The average molecular weight is 490 g/mol. The third kappa shape index (κ3) is 5.25. The van der Waals surface area contributed by atoms with Crippen LogP contribution in [0.1, 0.15) is 28.9 Å². The first-order valence-corrected chi connectivity index (χ1v) is 11.8. The van der Waals surface area contributed by atoms with Crippen LogP contribution in [-0.2, 0) is 22.6 Å². The van der Waals surface area contributed by atoms with Crippen LogP contribution in [0.3, 0.4) is 0 Å². The number of carbonyl (C=O) groups excluding carboxylic acids is 2. The number of aromatic nitrogens is 3. The summed E-state index contributed by atoms with van der Waals surface area (Å²) in [5.74, 6) is 0.776. The summed E-state index contributed by atoms with van der Waals surface area (Å²) in [6, 6.07) is 13.3. The number of aryl methyl sites for hydroxylation is 2. The maximum absolute atomic E-state index is 12.6. The molecule has 0 aliphatic rings. The van der Waals surface area contributed by atoms with Crippen molar-refractivity contribution in [2.45, 2.75) is 33.2 Å². The largest absolute Gasteiger partial charge is 0.493 e. The van der Waals surface area contributed by atoms with E-state index in [1.807, 2.05) is 48.7 Å². The summed E-state index contributed by atoms with van der Waals surface area (Å²) in [5, 5.41) is 8.67. The van der Waals surface area contributed by atoms with E-state index >= 15 is 0 Å². The normalized spacial score (nSPS) is 11.0. The summed E-state index contributed by atoms with van der Waals surface area (Å²) < 4.78 is 12.8. The highest BCUT2D eigenvalue weighted by Crippen LogP contribution is 2.28. The van der Waals surface area contributed by atoms with E-state index in [2.05, 4.69) is 10.4 Å². The minimum absolute atomic E-state index is 0.0598. The van der Waals surface area contributed by atoms with Crippen LogP contribution in [0.4, 0.5) is 0 Å². The van der Waals surface area contributed by atoms with Crippen molar-refractivity contribution in [2.75, 3.05) is 27.8 Å². The second-order valence-electron chi connectivity index (χ2n) is 8.85. The summed E-state index contributed by atoms with van der Waals surface area (Å²) in [6.45, 7) is 4.27. The molecule has 0 spiro atoms. The molecule has 2 aromatic heterocycles. The number of fused-ring (bicyclic) bond motifs is 3. The highest BCUT2D eigenvalue weighted by molar-refractivity contribution is 5.92. The highest BCUT2D eigenvalue weighted by atomic mass is 16.5. The van der Waals surface area contributed by atoms with Gasteiger partial charge in [0.05, 0.1) is 12.6 Å². The molecule has 2 aromatic carbocycles. The smallest absolute Gasteiger partial charge is 0.259 e. The number of methoxy groups -OCH3 is 1. The van der Waals surface area contributed by atoms with E-state index in [1.165, 1.54) is 12.0 Å². The van der Waals surface area contributed by atoms with Crippen molar-refractivity contribution < 1.29 is 19.1 Å². The maximum Gasteiger partial charge on any atom is 0.259 e. The molecule has 0 radical (unpaired) electrons. The molecule has 0 unspecified atom stereocenters. The van der Waals surface area contributed by atoms with Crippen molar-refractivity contribution in [1.29, 1.82) is 0 Å². The Morgan fingerprint density at radius 2 is 1.86 bits per heavy atom. The summed E-state index contributed by atoms with van der Waals surface area (Å²) >= 11 is 0. The Balaban J connectivity index is 1.38. The molecule has 0 bridgehead atoms. The third-order valence-electron chi connectivity index (χ3n) is 6.19. The molecule has 0 saturated heterocycles. The minimum Gasteiger partial charge on any atom is -0.493 e. The number of carbonyl (C=O) groups is 2. The summed E-state index contributed by atoms with van der Waals surface area (Å²) in [5.41, 5.74) is 5.53. The second-order valence-corrected chi connectivity index (χ2v) is 8.85. The monoisotopic (exact) mass is 489 g/mol. The second kappa shape index (κ2) is 10.6. The van der Waals surface area contributed by atoms with E-state index in [9.17, 15) is 9.59 Å². The predicted octanol–water partition coefficient (Wildman–Crippen LogP) is 3.22. The molecular weight excluding hydrogens is 458 g/mol. The number of nitrogens with zero attached hydrogens (tertiary/aromatic N) is 4. The third-order valence-corrected chi connectivity index (χ3v) is 6.19. The van der Waals surface area contributed by atoms with Gasteiger partial charge in [-0.25, -0.2) is 9.50 Å². The molecule has 0 aliphatic carbocycles. The van der Waals surface area contributed by atoms with Gasteiger partial charge < -0.3 is 19.7 Å². The first-order chi connectivity index (χ1) is 17.3. The Kier molecular flexibility index (Phi) is 7.38. The molecule has 9 heteroatoms. The topological polar surface area (TPSA) is 98.1 Å². The Hall–Kier alpha value is -4.14. The summed E-state index contributed by atoms with van der Waals surface area (Å²) in [7, 11) is 4.88. The fraction of sp³-hybridized carbons (Fsp3) is 0.333. The molecule has 0 aliphatic heterocycles. The average Bonchev–Trinajstić information content (AvgIpc) is 3.24. The van der Waals surface area contributed by atoms with Crippen LogP contribution in [0.15, 0.2) is 42.5 Å². The lowest BCUT2D eigenvalue weighted by molar-refractivity contribution is -0.130. The van der Waals surface area contributed by atoms with E-state index in [4.69, 9.17) is 14.5 Å². The van der Waals surface area contributed by atoms with E-state index in [-0.39, 0.29) is 18.4 Å². The van der Waals surface area contributed by atoms with E-state index < -0.39 is 0 Å². The van der Waals surface area contributed by atoms with Crippen LogP contribution in [-0.4, -0.2) is 59.1 Å². The van der Waals surface area contributed by atoms with Gasteiger partial charge in [-0.2, -0.15) is 5.10 Å². The van der Waals surface area contributed by atoms with Crippen LogP contribution in [0.2, 0.25) is 0 Å². The van der Waals surface area contributed by atoms with Crippen molar-refractivity contribution in [1.82, 2.24) is 24.8 Å². The number of ether oxygens (including phenoxy) is 2. The van der Waals surface area contributed by atoms with Crippen molar-refractivity contribution in [3.05, 3.63) is 65.0 Å². The van der Waals surface area contributed by atoms with Gasteiger partial charge in [-0.15, -0.1) is 0 Å². The molecule has 0 fully saturated rings. The highest BCUT2D eigenvalue weighted by Gasteiger charge is 2.15. The first kappa shape index (κ1) is 25.0. The molecule has 1 N–H and O–H groups in total. The number of benzene rings is 2. The van der Waals surface area contributed by atoms with Crippen LogP contribution in [0.25, 0.3) is 16.6 Å². The molecule has 9 nitrogen and oxygen atoms in total. The number of hydrogen-bond acceptors (Lipinski definition) is 6. The van der Waals surface area contributed by atoms with Crippen LogP contribution in [0.5, 0.6) is 11.5 Å². The molecule has 0 atom stereocenters. The molecule has 4 aromatic rings. The van der Waals surface area contributed by atoms with Crippen LogP contribution in [0, 0.1) is 13.8 Å². The van der Waals surface area contributed by atoms with Gasteiger partial charge in [-0.3, -0.25) is 9.59 Å². The Labute approximate surface area is 210 Å². The fourth-order valence-electron chi connectivity index (χ4n) is 4.08. The minimum atomic E-state index is -0.144. The SMILES string of the molecule is COc1cc(CNC(=O)CCc2c(C)nc3c4ccccc4nn3c2C)ccc1OCC(=O)N(C)C. The summed E-state index contributed by atoms with van der Waals surface area (Å²) in [6.07, 6.45) is 0.902. The zero-order chi connectivity index (χ0) is 25.8. The van der Waals surface area contributed by atoms with Gasteiger partial charge in [-0.1, -0.05) is 18.2 Å². The molecular formula is C27H31N5O4. The predicted molar refractivity (Wildman–Crippen MR) is 137 cm³/mol. The molecule has 4 rings (SSSR count). The number of hydrogen-bond donors (Lipinski definition) is 1. The Morgan fingerprint density at radius 1 is 1.08 bits per heavy atom. The van der Waals surface area contributed by atoms with Gasteiger partial charge in [0.1, 0.15) is 0 Å². The van der Waals surface area contributed by atoms with Crippen LogP contribution < -0.4 is 14.8 Å². The zero-order valence-electron chi connectivity index (χ0n) is 21.3. The number of rotatable bonds is 9. The number of amides is 2. The Bertz CT molecular complexity index is 1430. The van der Waals surface area contributed by atoms with Crippen molar-refractivity contribution >= 4 is 28.4 Å². The molecule has 0 saturated carbocycles. The van der Waals surface area contributed by atoms with E-state index in [0.29, 0.717) is 30.9 Å². The first-order valence-electron chi connectivity index (χ1n) is 11.8. The van der Waals surface area contributed by atoms with E-state index in [1.54, 1.807) is 26.2 Å². The van der Waals surface area contributed by atoms with Crippen LogP contribution >= 0.6 is 0 Å². The van der Waals surface area contributed by atoms with Crippen molar-refractivity contribution in [3.63, 3.8) is 0 Å². The van der Waals surface area contributed by atoms with E-state index in [0.717, 1.165) is 39.1 Å². The Morgan fingerprint density at radius 3 is 2.61 bits per heavy atom. The summed E-state index contributed by atoms with van der Waals surface area (Å²) in [4.78, 5) is 30.6. The van der Waals surface area contributed by atoms with Gasteiger partial charge in [0.25, 0.3) is 5.91 Å². The van der Waals surface area contributed by atoms with Gasteiger partial charge in [0, 0.05) is 43.8 Å². The fourth-order valence-corrected chi connectivity index (χ4v) is 4.08. The quantitative estimate of drug-likeness (QED) is 0.388. The van der Waals surface area contributed by atoms with Gasteiger partial charge >= 0.3 is 0 Å². The molecule has 188 valence electrons. The number of likely N-dealkylation sites (N-methyl/N-ethyl adjacent to an activating group) is 1. The standard InChI is InChI=1S/C27H31N5O4/c1-17-20(18(2)32-27(29-17)21-8-6-7-9-22(21)30-32)11-13-25(33)28-15-19-10-12-23(24(14-19)35-5)36-16-26(34)31(3)4/h6-10,12,14H,11,13,15-16H2,1-5H3,(H,28,33). The zero-order valence-corrected chi connectivity index (χ0v) is 21.3.